The van der Waals surface area contributed by atoms with Gasteiger partial charge in [0.2, 0.25) is 0 Å². The van der Waals surface area contributed by atoms with Gasteiger partial charge in [0.05, 0.1) is 0 Å². The maximum absolute atomic E-state index is 6.14. The molecule has 3 heteroatoms. The van der Waals surface area contributed by atoms with Crippen LogP contribution in [0.2, 0.25) is 0 Å². The Labute approximate surface area is 94.4 Å². The monoisotopic (exact) mass is 213 g/mol. The number of hydrogen-bond acceptors (Lipinski definition) is 3. The van der Waals surface area contributed by atoms with E-state index in [1.807, 2.05) is 0 Å². The molecule has 1 aliphatic heterocycles. The van der Waals surface area contributed by atoms with E-state index in [0.29, 0.717) is 12.1 Å². The van der Waals surface area contributed by atoms with Gasteiger partial charge in [-0.25, -0.2) is 0 Å². The lowest BCUT2D eigenvalue weighted by Crippen LogP contribution is -2.48. The van der Waals surface area contributed by atoms with Crippen LogP contribution >= 0.6 is 0 Å². The largest absolute Gasteiger partial charge is 0.328 e. The summed E-state index contributed by atoms with van der Waals surface area (Å²) in [5, 5.41) is 3.38. The van der Waals surface area contributed by atoms with Gasteiger partial charge >= 0.3 is 0 Å². The third-order valence-corrected chi connectivity index (χ3v) is 3.19. The van der Waals surface area contributed by atoms with E-state index in [9.17, 15) is 0 Å². The second-order valence-corrected chi connectivity index (χ2v) is 5.26. The van der Waals surface area contributed by atoms with Crippen LogP contribution < -0.4 is 11.1 Å². The molecule has 1 fully saturated rings. The topological polar surface area (TPSA) is 41.3 Å². The standard InChI is InChI=1S/C12H27N3/c1-10(2)8-12(13)9-11(3)15-6-4-14-5-7-15/h10-12,14H,4-9,13H2,1-3H3. The summed E-state index contributed by atoms with van der Waals surface area (Å²) in [5.41, 5.74) is 6.14. The first-order chi connectivity index (χ1) is 7.09. The first-order valence-electron chi connectivity index (χ1n) is 6.30. The first kappa shape index (κ1) is 12.9. The normalized spacial score (nSPS) is 23.0. The zero-order valence-corrected chi connectivity index (χ0v) is 10.5. The Morgan fingerprint density at radius 3 is 2.27 bits per heavy atom. The van der Waals surface area contributed by atoms with Gasteiger partial charge in [-0.05, 0) is 25.7 Å². The van der Waals surface area contributed by atoms with Crippen LogP contribution in [0.25, 0.3) is 0 Å². The van der Waals surface area contributed by atoms with E-state index in [0.717, 1.165) is 31.8 Å². The Morgan fingerprint density at radius 1 is 1.13 bits per heavy atom. The van der Waals surface area contributed by atoms with Crippen LogP contribution in [0.4, 0.5) is 0 Å². The smallest absolute Gasteiger partial charge is 0.0110 e. The highest BCUT2D eigenvalue weighted by molar-refractivity contribution is 4.77. The third-order valence-electron chi connectivity index (χ3n) is 3.19. The molecule has 3 nitrogen and oxygen atoms in total. The van der Waals surface area contributed by atoms with Crippen molar-refractivity contribution in [2.45, 2.75) is 45.7 Å². The van der Waals surface area contributed by atoms with Crippen LogP contribution in [-0.4, -0.2) is 43.2 Å². The summed E-state index contributed by atoms with van der Waals surface area (Å²) in [6.45, 7) is 11.4. The summed E-state index contributed by atoms with van der Waals surface area (Å²) < 4.78 is 0. The quantitative estimate of drug-likeness (QED) is 0.717. The summed E-state index contributed by atoms with van der Waals surface area (Å²) in [5.74, 6) is 0.718. The third kappa shape index (κ3) is 4.96. The van der Waals surface area contributed by atoms with Crippen molar-refractivity contribution in [1.82, 2.24) is 10.2 Å². The van der Waals surface area contributed by atoms with Gasteiger partial charge in [0.25, 0.3) is 0 Å². The molecular formula is C12H27N3. The van der Waals surface area contributed by atoms with Crippen LogP contribution in [0.15, 0.2) is 0 Å². The van der Waals surface area contributed by atoms with E-state index < -0.39 is 0 Å². The molecule has 2 atom stereocenters. The number of piperazine rings is 1. The average molecular weight is 213 g/mol. The number of nitrogens with zero attached hydrogens (tertiary/aromatic N) is 1. The van der Waals surface area contributed by atoms with Gasteiger partial charge in [0.15, 0.2) is 0 Å². The maximum Gasteiger partial charge on any atom is 0.0110 e. The summed E-state index contributed by atoms with van der Waals surface area (Å²) in [6, 6.07) is 1.01. The van der Waals surface area contributed by atoms with Crippen LogP contribution in [0.3, 0.4) is 0 Å². The second kappa shape index (κ2) is 6.46. The van der Waals surface area contributed by atoms with E-state index in [1.165, 1.54) is 13.1 Å². The Kier molecular flexibility index (Phi) is 5.58. The highest BCUT2D eigenvalue weighted by atomic mass is 15.2. The fourth-order valence-electron chi connectivity index (χ4n) is 2.41. The molecule has 1 rings (SSSR count). The lowest BCUT2D eigenvalue weighted by atomic mass is 9.98. The van der Waals surface area contributed by atoms with Crippen molar-refractivity contribution in [2.24, 2.45) is 11.7 Å². The second-order valence-electron chi connectivity index (χ2n) is 5.26. The molecule has 0 amide bonds. The van der Waals surface area contributed by atoms with Crippen molar-refractivity contribution < 1.29 is 0 Å². The summed E-state index contributed by atoms with van der Waals surface area (Å²) in [7, 11) is 0. The number of nitrogens with one attached hydrogen (secondary N) is 1. The number of nitrogens with two attached hydrogens (primary N) is 1. The Morgan fingerprint density at radius 2 is 1.73 bits per heavy atom. The Bertz CT molecular complexity index is 164. The molecule has 0 saturated carbocycles. The Hall–Kier alpha value is -0.120. The van der Waals surface area contributed by atoms with Crippen LogP contribution in [0.1, 0.15) is 33.6 Å². The molecule has 2 unspecified atom stereocenters. The first-order valence-corrected chi connectivity index (χ1v) is 6.30. The Balaban J connectivity index is 2.23. The van der Waals surface area contributed by atoms with Gasteiger partial charge in [-0.1, -0.05) is 13.8 Å². The SMILES string of the molecule is CC(C)CC(N)CC(C)N1CCNCC1. The molecular weight excluding hydrogens is 186 g/mol. The molecule has 3 N–H and O–H groups in total. The number of rotatable bonds is 5. The van der Waals surface area contributed by atoms with E-state index in [1.54, 1.807) is 0 Å². The van der Waals surface area contributed by atoms with Crippen molar-refractivity contribution in [1.29, 1.82) is 0 Å². The average Bonchev–Trinajstić information content (AvgIpc) is 2.17. The van der Waals surface area contributed by atoms with Crippen LogP contribution in [0.5, 0.6) is 0 Å². The molecule has 15 heavy (non-hydrogen) atoms. The zero-order valence-electron chi connectivity index (χ0n) is 10.5. The van der Waals surface area contributed by atoms with Crippen LogP contribution in [-0.2, 0) is 0 Å². The van der Waals surface area contributed by atoms with Crippen molar-refractivity contribution in [3.63, 3.8) is 0 Å². The van der Waals surface area contributed by atoms with Crippen molar-refractivity contribution >= 4 is 0 Å². The van der Waals surface area contributed by atoms with Gasteiger partial charge in [-0.2, -0.15) is 0 Å². The van der Waals surface area contributed by atoms with Gasteiger partial charge in [-0.15, -0.1) is 0 Å². The van der Waals surface area contributed by atoms with Gasteiger partial charge < -0.3 is 11.1 Å². The zero-order chi connectivity index (χ0) is 11.3. The predicted octanol–water partition coefficient (Wildman–Crippen LogP) is 1.04. The van der Waals surface area contributed by atoms with Crippen molar-refractivity contribution in [2.75, 3.05) is 26.2 Å². The van der Waals surface area contributed by atoms with Gasteiger partial charge in [-0.3, -0.25) is 4.90 Å². The minimum absolute atomic E-state index is 0.370. The van der Waals surface area contributed by atoms with E-state index in [4.69, 9.17) is 5.73 Å². The molecule has 1 heterocycles. The fourth-order valence-corrected chi connectivity index (χ4v) is 2.41. The summed E-state index contributed by atoms with van der Waals surface area (Å²) in [6.07, 6.45) is 2.29. The molecule has 0 spiro atoms. The summed E-state index contributed by atoms with van der Waals surface area (Å²) >= 11 is 0. The molecule has 90 valence electrons. The fraction of sp³-hybridized carbons (Fsp3) is 1.00. The van der Waals surface area contributed by atoms with E-state index >= 15 is 0 Å². The molecule has 1 saturated heterocycles. The molecule has 0 bridgehead atoms. The lowest BCUT2D eigenvalue weighted by molar-refractivity contribution is 0.167. The molecule has 0 aliphatic carbocycles. The number of hydrogen-bond donors (Lipinski definition) is 2. The molecule has 0 aromatic heterocycles. The van der Waals surface area contributed by atoms with Crippen molar-refractivity contribution in [3.8, 4) is 0 Å². The lowest BCUT2D eigenvalue weighted by Gasteiger charge is -2.34. The van der Waals surface area contributed by atoms with Crippen LogP contribution in [0, 0.1) is 5.92 Å². The summed E-state index contributed by atoms with van der Waals surface area (Å²) in [4.78, 5) is 2.55. The minimum atomic E-state index is 0.370. The van der Waals surface area contributed by atoms with E-state index in [2.05, 4.69) is 31.0 Å². The highest BCUT2D eigenvalue weighted by Crippen LogP contribution is 2.12. The molecule has 0 aromatic carbocycles. The molecule has 0 radical (unpaired) electrons. The van der Waals surface area contributed by atoms with Gasteiger partial charge in [0, 0.05) is 38.3 Å². The highest BCUT2D eigenvalue weighted by Gasteiger charge is 2.18. The maximum atomic E-state index is 6.14. The molecule has 1 aliphatic rings. The van der Waals surface area contributed by atoms with E-state index in [-0.39, 0.29) is 0 Å². The van der Waals surface area contributed by atoms with Gasteiger partial charge in [0.1, 0.15) is 0 Å². The van der Waals surface area contributed by atoms with Crippen molar-refractivity contribution in [3.05, 3.63) is 0 Å². The predicted molar refractivity (Wildman–Crippen MR) is 66.0 cm³/mol. The molecule has 0 aromatic rings. The minimum Gasteiger partial charge on any atom is -0.328 e.